The fraction of sp³-hybridized carbons (Fsp3) is 0.538. The van der Waals surface area contributed by atoms with Gasteiger partial charge in [-0.05, 0) is 24.1 Å². The highest BCUT2D eigenvalue weighted by atomic mass is 32.2. The van der Waals surface area contributed by atoms with Gasteiger partial charge in [0.05, 0.1) is 12.4 Å². The smallest absolute Gasteiger partial charge is 0.218 e. The third-order valence-electron chi connectivity index (χ3n) is 3.11. The molecule has 0 heterocycles. The van der Waals surface area contributed by atoms with E-state index in [1.165, 1.54) is 4.31 Å². The Morgan fingerprint density at radius 3 is 2.63 bits per heavy atom. The minimum atomic E-state index is -3.35. The predicted octanol–water partition coefficient (Wildman–Crippen LogP) is 1.19. The van der Waals surface area contributed by atoms with E-state index in [0.29, 0.717) is 18.7 Å². The minimum absolute atomic E-state index is 0.140. The Morgan fingerprint density at radius 1 is 1.42 bits per heavy atom. The summed E-state index contributed by atoms with van der Waals surface area (Å²) in [6.45, 7) is 2.28. The van der Waals surface area contributed by atoms with Gasteiger partial charge in [-0.15, -0.1) is 0 Å². The van der Waals surface area contributed by atoms with Crippen LogP contribution in [0.15, 0.2) is 24.3 Å². The van der Waals surface area contributed by atoms with Crippen molar-refractivity contribution >= 4 is 10.0 Å². The molecule has 1 aromatic carbocycles. The van der Waals surface area contributed by atoms with Crippen molar-refractivity contribution in [2.75, 3.05) is 20.7 Å². The number of hydrogen-bond acceptors (Lipinski definition) is 4. The number of nitrogens with two attached hydrogens (primary N) is 1. The summed E-state index contributed by atoms with van der Waals surface area (Å²) >= 11 is 0. The molecule has 0 radical (unpaired) electrons. The first-order valence-electron chi connectivity index (χ1n) is 6.23. The zero-order valence-electron chi connectivity index (χ0n) is 11.7. The molecule has 108 valence electrons. The average Bonchev–Trinajstić information content (AvgIpc) is 2.40. The van der Waals surface area contributed by atoms with Crippen LogP contribution in [-0.4, -0.2) is 38.7 Å². The van der Waals surface area contributed by atoms with E-state index in [0.717, 1.165) is 5.56 Å². The molecule has 0 fully saturated rings. The van der Waals surface area contributed by atoms with E-state index in [1.54, 1.807) is 14.2 Å². The van der Waals surface area contributed by atoms with Crippen LogP contribution >= 0.6 is 0 Å². The van der Waals surface area contributed by atoms with E-state index in [4.69, 9.17) is 10.5 Å². The van der Waals surface area contributed by atoms with Crippen molar-refractivity contribution in [3.05, 3.63) is 29.8 Å². The molecule has 1 rings (SSSR count). The lowest BCUT2D eigenvalue weighted by molar-refractivity contribution is 0.412. The average molecular weight is 286 g/mol. The fourth-order valence-corrected chi connectivity index (χ4v) is 3.37. The molecule has 0 saturated carbocycles. The predicted molar refractivity (Wildman–Crippen MR) is 76.5 cm³/mol. The highest BCUT2D eigenvalue weighted by molar-refractivity contribution is 7.89. The normalized spacial score (nSPS) is 13.5. The molecule has 0 amide bonds. The number of hydrogen-bond donors (Lipinski definition) is 1. The molecule has 0 aliphatic carbocycles. The van der Waals surface area contributed by atoms with Crippen LogP contribution < -0.4 is 10.5 Å². The quantitative estimate of drug-likeness (QED) is 0.817. The highest BCUT2D eigenvalue weighted by Crippen LogP contribution is 2.17. The Bertz CT molecular complexity index is 498. The second-order valence-electron chi connectivity index (χ2n) is 4.42. The van der Waals surface area contributed by atoms with Gasteiger partial charge < -0.3 is 10.5 Å². The van der Waals surface area contributed by atoms with Crippen molar-refractivity contribution in [3.63, 3.8) is 0 Å². The van der Waals surface area contributed by atoms with Crippen LogP contribution in [-0.2, 0) is 16.6 Å². The molecule has 0 spiro atoms. The van der Waals surface area contributed by atoms with Crippen LogP contribution in [0.25, 0.3) is 0 Å². The SMILES string of the molecule is CCC(CN)S(=O)(=O)N(C)Cc1cccc(OC)c1. The molecule has 0 aromatic heterocycles. The Kier molecular flexibility index (Phi) is 5.78. The summed E-state index contributed by atoms with van der Waals surface area (Å²) in [5.74, 6) is 0.717. The standard InChI is InChI=1S/C13H22N2O3S/c1-4-13(9-14)19(16,17)15(2)10-11-6-5-7-12(8-11)18-3/h5-8,13H,4,9-10,14H2,1-3H3. The lowest BCUT2D eigenvalue weighted by Crippen LogP contribution is -2.39. The van der Waals surface area contributed by atoms with Gasteiger partial charge in [-0.25, -0.2) is 12.7 Å². The summed E-state index contributed by atoms with van der Waals surface area (Å²) in [5.41, 5.74) is 6.41. The zero-order valence-corrected chi connectivity index (χ0v) is 12.5. The van der Waals surface area contributed by atoms with E-state index in [-0.39, 0.29) is 6.54 Å². The monoisotopic (exact) mass is 286 g/mol. The van der Waals surface area contributed by atoms with Crippen molar-refractivity contribution in [2.45, 2.75) is 25.1 Å². The van der Waals surface area contributed by atoms with Gasteiger partial charge in [-0.1, -0.05) is 19.1 Å². The molecular formula is C13H22N2O3S. The first kappa shape index (κ1) is 15.9. The number of rotatable bonds is 7. The second kappa shape index (κ2) is 6.88. The van der Waals surface area contributed by atoms with Crippen LogP contribution in [0, 0.1) is 0 Å². The van der Waals surface area contributed by atoms with Crippen LogP contribution in [0.5, 0.6) is 5.75 Å². The van der Waals surface area contributed by atoms with E-state index in [1.807, 2.05) is 31.2 Å². The first-order chi connectivity index (χ1) is 8.95. The van der Waals surface area contributed by atoms with Gasteiger partial charge in [0.1, 0.15) is 5.75 Å². The number of ether oxygens (including phenoxy) is 1. The van der Waals surface area contributed by atoms with Crippen LogP contribution in [0.4, 0.5) is 0 Å². The number of benzene rings is 1. The van der Waals surface area contributed by atoms with Gasteiger partial charge in [0.25, 0.3) is 0 Å². The maximum absolute atomic E-state index is 12.3. The highest BCUT2D eigenvalue weighted by Gasteiger charge is 2.27. The maximum Gasteiger partial charge on any atom is 0.218 e. The molecule has 5 nitrogen and oxygen atoms in total. The summed E-state index contributed by atoms with van der Waals surface area (Å²) in [6, 6.07) is 7.37. The van der Waals surface area contributed by atoms with Crippen LogP contribution in [0.3, 0.4) is 0 Å². The van der Waals surface area contributed by atoms with Crippen LogP contribution in [0.2, 0.25) is 0 Å². The van der Waals surface area contributed by atoms with E-state index < -0.39 is 15.3 Å². The molecule has 0 saturated heterocycles. The van der Waals surface area contributed by atoms with E-state index in [2.05, 4.69) is 0 Å². The van der Waals surface area contributed by atoms with Crippen molar-refractivity contribution in [1.29, 1.82) is 0 Å². The Morgan fingerprint density at radius 2 is 2.11 bits per heavy atom. The molecule has 0 bridgehead atoms. The first-order valence-corrected chi connectivity index (χ1v) is 7.74. The molecule has 19 heavy (non-hydrogen) atoms. The molecular weight excluding hydrogens is 264 g/mol. The Balaban J connectivity index is 2.86. The lowest BCUT2D eigenvalue weighted by atomic mass is 10.2. The molecule has 2 N–H and O–H groups in total. The zero-order chi connectivity index (χ0) is 14.5. The molecule has 1 aromatic rings. The lowest BCUT2D eigenvalue weighted by Gasteiger charge is -2.22. The van der Waals surface area contributed by atoms with Gasteiger partial charge >= 0.3 is 0 Å². The summed E-state index contributed by atoms with van der Waals surface area (Å²) in [7, 11) is -0.191. The van der Waals surface area contributed by atoms with Crippen molar-refractivity contribution in [2.24, 2.45) is 5.73 Å². The van der Waals surface area contributed by atoms with Crippen molar-refractivity contribution < 1.29 is 13.2 Å². The summed E-state index contributed by atoms with van der Waals surface area (Å²) in [4.78, 5) is 0. The van der Waals surface area contributed by atoms with Crippen molar-refractivity contribution in [1.82, 2.24) is 4.31 Å². The number of nitrogens with zero attached hydrogens (tertiary/aromatic N) is 1. The minimum Gasteiger partial charge on any atom is -0.497 e. The van der Waals surface area contributed by atoms with E-state index in [9.17, 15) is 8.42 Å². The van der Waals surface area contributed by atoms with Gasteiger partial charge in [-0.3, -0.25) is 0 Å². The van der Waals surface area contributed by atoms with Gasteiger partial charge in [0.15, 0.2) is 0 Å². The van der Waals surface area contributed by atoms with Crippen molar-refractivity contribution in [3.8, 4) is 5.75 Å². The third-order valence-corrected chi connectivity index (χ3v) is 5.48. The number of methoxy groups -OCH3 is 1. The van der Waals surface area contributed by atoms with Gasteiger partial charge in [0.2, 0.25) is 10.0 Å². The fourth-order valence-electron chi connectivity index (χ4n) is 1.87. The molecule has 1 atom stereocenters. The second-order valence-corrected chi connectivity index (χ2v) is 6.74. The summed E-state index contributed by atoms with van der Waals surface area (Å²) < 4.78 is 31.0. The summed E-state index contributed by atoms with van der Waals surface area (Å²) in [5, 5.41) is -0.525. The Hall–Kier alpha value is -1.11. The largest absolute Gasteiger partial charge is 0.497 e. The topological polar surface area (TPSA) is 72.6 Å². The Labute approximate surface area is 115 Å². The van der Waals surface area contributed by atoms with E-state index >= 15 is 0 Å². The van der Waals surface area contributed by atoms with Crippen LogP contribution in [0.1, 0.15) is 18.9 Å². The molecule has 0 aliphatic heterocycles. The van der Waals surface area contributed by atoms with Gasteiger partial charge in [0, 0.05) is 20.1 Å². The number of sulfonamides is 1. The maximum atomic E-state index is 12.3. The summed E-state index contributed by atoms with van der Waals surface area (Å²) in [6.07, 6.45) is 0.515. The molecule has 6 heteroatoms. The molecule has 1 unspecified atom stereocenters. The third kappa shape index (κ3) is 3.92. The molecule has 0 aliphatic rings. The van der Waals surface area contributed by atoms with Gasteiger partial charge in [-0.2, -0.15) is 0 Å².